The van der Waals surface area contributed by atoms with Crippen molar-refractivity contribution < 1.29 is 14.3 Å². The molecule has 25 heavy (non-hydrogen) atoms. The number of amides is 1. The van der Waals surface area contributed by atoms with E-state index in [1.165, 1.54) is 0 Å². The summed E-state index contributed by atoms with van der Waals surface area (Å²) in [7, 11) is 3.19. The fraction of sp³-hybridized carbons (Fsp3) is 0.350. The van der Waals surface area contributed by atoms with Gasteiger partial charge in [0, 0.05) is 30.0 Å². The molecule has 0 atom stereocenters. The molecular weight excluding hydrogens is 316 g/mol. The molecule has 1 amide bonds. The molecule has 134 valence electrons. The van der Waals surface area contributed by atoms with E-state index in [0.717, 1.165) is 30.0 Å². The van der Waals surface area contributed by atoms with Crippen molar-refractivity contribution in [2.75, 3.05) is 37.5 Å². The summed E-state index contributed by atoms with van der Waals surface area (Å²) in [4.78, 5) is 14.6. The number of hydrogen-bond donors (Lipinski definition) is 1. The molecule has 0 fully saturated rings. The van der Waals surface area contributed by atoms with Crippen molar-refractivity contribution in [2.24, 2.45) is 0 Å². The van der Waals surface area contributed by atoms with Gasteiger partial charge >= 0.3 is 0 Å². The average Bonchev–Trinajstić information content (AvgIpc) is 2.64. The summed E-state index contributed by atoms with van der Waals surface area (Å²) in [5.74, 6) is 1.28. The van der Waals surface area contributed by atoms with Crippen LogP contribution in [-0.2, 0) is 11.2 Å². The molecule has 0 spiro atoms. The van der Waals surface area contributed by atoms with Gasteiger partial charge in [0.25, 0.3) is 0 Å². The number of methoxy groups -OCH3 is 2. The molecular formula is C20H26N2O3. The van der Waals surface area contributed by atoms with Gasteiger partial charge in [-0.15, -0.1) is 0 Å². The lowest BCUT2D eigenvalue weighted by Gasteiger charge is -2.21. The first-order chi connectivity index (χ1) is 12.1. The van der Waals surface area contributed by atoms with Crippen LogP contribution in [0.1, 0.15) is 19.4 Å². The standard InChI is InChI=1S/C20H26N2O3/c1-5-22(6-2)17-9-7-16(8-10-17)21-20(23)14-15-13-18(24-3)11-12-19(15)25-4/h7-13H,5-6,14H2,1-4H3,(H,21,23). The topological polar surface area (TPSA) is 50.8 Å². The lowest BCUT2D eigenvalue weighted by Crippen LogP contribution is -2.21. The van der Waals surface area contributed by atoms with Crippen molar-refractivity contribution in [3.8, 4) is 11.5 Å². The van der Waals surface area contributed by atoms with Gasteiger partial charge < -0.3 is 19.7 Å². The summed E-state index contributed by atoms with van der Waals surface area (Å²) in [6, 6.07) is 13.3. The molecule has 5 nitrogen and oxygen atoms in total. The maximum absolute atomic E-state index is 12.4. The number of ether oxygens (including phenoxy) is 2. The van der Waals surface area contributed by atoms with Crippen molar-refractivity contribution in [2.45, 2.75) is 20.3 Å². The summed E-state index contributed by atoms with van der Waals surface area (Å²) in [5, 5.41) is 2.93. The molecule has 1 N–H and O–H groups in total. The van der Waals surface area contributed by atoms with Crippen LogP contribution in [0.5, 0.6) is 11.5 Å². The van der Waals surface area contributed by atoms with Gasteiger partial charge in [0.15, 0.2) is 0 Å². The first-order valence-corrected chi connectivity index (χ1v) is 8.47. The van der Waals surface area contributed by atoms with Crippen LogP contribution in [0.4, 0.5) is 11.4 Å². The lowest BCUT2D eigenvalue weighted by molar-refractivity contribution is -0.115. The highest BCUT2D eigenvalue weighted by Crippen LogP contribution is 2.25. The number of hydrogen-bond acceptors (Lipinski definition) is 4. The predicted octanol–water partition coefficient (Wildman–Crippen LogP) is 3.73. The number of benzene rings is 2. The van der Waals surface area contributed by atoms with Crippen LogP contribution in [-0.4, -0.2) is 33.2 Å². The normalized spacial score (nSPS) is 10.2. The van der Waals surface area contributed by atoms with Crippen LogP contribution < -0.4 is 19.7 Å². The van der Waals surface area contributed by atoms with Gasteiger partial charge in [-0.05, 0) is 56.3 Å². The van der Waals surface area contributed by atoms with E-state index < -0.39 is 0 Å². The van der Waals surface area contributed by atoms with E-state index in [4.69, 9.17) is 9.47 Å². The van der Waals surface area contributed by atoms with E-state index in [9.17, 15) is 4.79 Å². The zero-order chi connectivity index (χ0) is 18.2. The van der Waals surface area contributed by atoms with Crippen molar-refractivity contribution in [1.82, 2.24) is 0 Å². The molecule has 0 radical (unpaired) electrons. The first kappa shape index (κ1) is 18.6. The molecule has 0 saturated heterocycles. The smallest absolute Gasteiger partial charge is 0.228 e. The van der Waals surface area contributed by atoms with Crippen molar-refractivity contribution in [3.63, 3.8) is 0 Å². The Hall–Kier alpha value is -2.69. The minimum atomic E-state index is -0.0952. The maximum Gasteiger partial charge on any atom is 0.228 e. The summed E-state index contributed by atoms with van der Waals surface area (Å²) in [5.41, 5.74) is 2.72. The van der Waals surface area contributed by atoms with Crippen molar-refractivity contribution in [3.05, 3.63) is 48.0 Å². The van der Waals surface area contributed by atoms with Gasteiger partial charge in [-0.2, -0.15) is 0 Å². The Kier molecular flexibility index (Phi) is 6.69. The molecule has 2 rings (SSSR count). The molecule has 5 heteroatoms. The monoisotopic (exact) mass is 342 g/mol. The Bertz CT molecular complexity index is 695. The van der Waals surface area contributed by atoms with E-state index in [2.05, 4.69) is 24.1 Å². The van der Waals surface area contributed by atoms with Crippen LogP contribution in [0.3, 0.4) is 0 Å². The van der Waals surface area contributed by atoms with Gasteiger partial charge in [0.05, 0.1) is 20.6 Å². The number of carbonyl (C=O) groups is 1. The zero-order valence-corrected chi connectivity index (χ0v) is 15.3. The summed E-state index contributed by atoms with van der Waals surface area (Å²) in [6.45, 7) is 6.16. The molecule has 0 aliphatic heterocycles. The molecule has 0 heterocycles. The summed E-state index contributed by atoms with van der Waals surface area (Å²) >= 11 is 0. The second-order valence-corrected chi connectivity index (χ2v) is 5.62. The fourth-order valence-corrected chi connectivity index (χ4v) is 2.74. The van der Waals surface area contributed by atoms with Crippen molar-refractivity contribution >= 4 is 17.3 Å². The van der Waals surface area contributed by atoms with Gasteiger partial charge in [-0.3, -0.25) is 4.79 Å². The van der Waals surface area contributed by atoms with Crippen molar-refractivity contribution in [1.29, 1.82) is 0 Å². The van der Waals surface area contributed by atoms with E-state index in [1.807, 2.05) is 36.4 Å². The lowest BCUT2D eigenvalue weighted by atomic mass is 10.1. The number of carbonyl (C=O) groups excluding carboxylic acids is 1. The molecule has 0 aliphatic carbocycles. The van der Waals surface area contributed by atoms with E-state index >= 15 is 0 Å². The molecule has 2 aromatic carbocycles. The quantitative estimate of drug-likeness (QED) is 0.794. The van der Waals surface area contributed by atoms with E-state index in [-0.39, 0.29) is 12.3 Å². The third kappa shape index (κ3) is 4.89. The van der Waals surface area contributed by atoms with Gasteiger partial charge in [0.2, 0.25) is 5.91 Å². The number of rotatable bonds is 8. The highest BCUT2D eigenvalue weighted by molar-refractivity contribution is 5.92. The Morgan fingerprint density at radius 1 is 1.00 bits per heavy atom. The largest absolute Gasteiger partial charge is 0.497 e. The second kappa shape index (κ2) is 8.97. The molecule has 0 aliphatic rings. The Balaban J connectivity index is 2.05. The van der Waals surface area contributed by atoms with Gasteiger partial charge in [0.1, 0.15) is 11.5 Å². The Labute approximate surface area is 149 Å². The van der Waals surface area contributed by atoms with Crippen LogP contribution in [0.15, 0.2) is 42.5 Å². The maximum atomic E-state index is 12.4. The van der Waals surface area contributed by atoms with Crippen LogP contribution in [0.25, 0.3) is 0 Å². The zero-order valence-electron chi connectivity index (χ0n) is 15.3. The van der Waals surface area contributed by atoms with E-state index in [0.29, 0.717) is 11.5 Å². The minimum absolute atomic E-state index is 0.0952. The van der Waals surface area contributed by atoms with Crippen LogP contribution >= 0.6 is 0 Å². The van der Waals surface area contributed by atoms with Crippen LogP contribution in [0, 0.1) is 0 Å². The Morgan fingerprint density at radius 2 is 1.68 bits per heavy atom. The van der Waals surface area contributed by atoms with Gasteiger partial charge in [-0.25, -0.2) is 0 Å². The van der Waals surface area contributed by atoms with Gasteiger partial charge in [-0.1, -0.05) is 0 Å². The third-order valence-corrected chi connectivity index (χ3v) is 4.12. The number of nitrogens with one attached hydrogen (secondary N) is 1. The van der Waals surface area contributed by atoms with Crippen LogP contribution in [0.2, 0.25) is 0 Å². The summed E-state index contributed by atoms with van der Waals surface area (Å²) in [6.07, 6.45) is 0.220. The molecule has 2 aromatic rings. The second-order valence-electron chi connectivity index (χ2n) is 5.62. The summed E-state index contributed by atoms with van der Waals surface area (Å²) < 4.78 is 10.5. The molecule has 0 bridgehead atoms. The Morgan fingerprint density at radius 3 is 2.24 bits per heavy atom. The number of nitrogens with zero attached hydrogens (tertiary/aromatic N) is 1. The highest BCUT2D eigenvalue weighted by atomic mass is 16.5. The SMILES string of the molecule is CCN(CC)c1ccc(NC(=O)Cc2cc(OC)ccc2OC)cc1. The first-order valence-electron chi connectivity index (χ1n) is 8.47. The highest BCUT2D eigenvalue weighted by Gasteiger charge is 2.11. The predicted molar refractivity (Wildman–Crippen MR) is 102 cm³/mol. The molecule has 0 saturated carbocycles. The molecule has 0 unspecified atom stereocenters. The average molecular weight is 342 g/mol. The van der Waals surface area contributed by atoms with E-state index in [1.54, 1.807) is 20.3 Å². The molecule has 0 aromatic heterocycles. The minimum Gasteiger partial charge on any atom is -0.497 e. The fourth-order valence-electron chi connectivity index (χ4n) is 2.74. The number of anilines is 2. The third-order valence-electron chi connectivity index (χ3n) is 4.12.